The van der Waals surface area contributed by atoms with E-state index < -0.39 is 46.2 Å². The summed E-state index contributed by atoms with van der Waals surface area (Å²) in [6, 6.07) is 26.0. The molecule has 0 fully saturated rings. The van der Waals surface area contributed by atoms with Crippen LogP contribution in [0.15, 0.2) is 139 Å². The molecule has 0 radical (unpaired) electrons. The van der Waals surface area contributed by atoms with Crippen molar-refractivity contribution in [1.29, 1.82) is 0 Å². The van der Waals surface area contributed by atoms with Gasteiger partial charge in [-0.2, -0.15) is 0 Å². The standard InChI is InChI=1S/C63H71N3O/c1-59(2,3)39-40-24-26-41(27-25-40)43-30-31-64-53(35-43)45-32-44(33-47(34-45)61(7,8)9)49-22-19-23-55-56(49)65-58(51-37-48(62(10,11)12)38-52(57(51)67)63(13,14)15)66(55)54-29-28-46(60(4,5)6)36-50(54)42-20-17-16-18-21-42/h16-38,67H,39H2,1-15H3/i16D,17D,18D,20D,21D,30D,31D,35D,39D2. The predicted octanol–water partition coefficient (Wildman–Crippen LogP) is 17.2. The van der Waals surface area contributed by atoms with E-state index in [1.807, 2.05) is 107 Å². The first-order valence-corrected chi connectivity index (χ1v) is 23.2. The molecule has 1 N–H and O–H groups in total. The van der Waals surface area contributed by atoms with Gasteiger partial charge in [-0.15, -0.1) is 0 Å². The van der Waals surface area contributed by atoms with Crippen LogP contribution in [0.5, 0.6) is 5.75 Å². The molecule has 344 valence electrons. The van der Waals surface area contributed by atoms with E-state index in [1.165, 1.54) is 0 Å². The number of hydrogen-bond acceptors (Lipinski definition) is 3. The van der Waals surface area contributed by atoms with Gasteiger partial charge in [0.15, 0.2) is 0 Å². The maximum absolute atomic E-state index is 12.7. The zero-order chi connectivity index (χ0) is 57.2. The van der Waals surface area contributed by atoms with Crippen LogP contribution in [-0.2, 0) is 28.0 Å². The lowest BCUT2D eigenvalue weighted by molar-refractivity contribution is 0.411. The molecule has 2 aromatic heterocycles. The Morgan fingerprint density at radius 3 is 1.81 bits per heavy atom. The number of imidazole rings is 1. The molecule has 0 aliphatic heterocycles. The molecule has 0 saturated heterocycles. The minimum Gasteiger partial charge on any atom is -0.507 e. The Balaban J connectivity index is 1.48. The Labute approximate surface area is 415 Å². The Morgan fingerprint density at radius 1 is 0.552 bits per heavy atom. The fourth-order valence-corrected chi connectivity index (χ4v) is 8.45. The summed E-state index contributed by atoms with van der Waals surface area (Å²) >= 11 is 0. The zero-order valence-corrected chi connectivity index (χ0v) is 41.9. The average molecular weight is 896 g/mol. The average Bonchev–Trinajstić information content (AvgIpc) is 3.82. The first-order valence-electron chi connectivity index (χ1n) is 28.2. The molecule has 6 aromatic carbocycles. The monoisotopic (exact) mass is 896 g/mol. The molecular formula is C63H71N3O. The van der Waals surface area contributed by atoms with E-state index in [0.717, 1.165) is 16.7 Å². The number of hydrogen-bond donors (Lipinski definition) is 1. The second kappa shape index (κ2) is 17.1. The van der Waals surface area contributed by atoms with Crippen LogP contribution in [0.3, 0.4) is 0 Å². The summed E-state index contributed by atoms with van der Waals surface area (Å²) in [5.41, 5.74) is 6.77. The number of fused-ring (bicyclic) bond motifs is 1. The molecule has 0 aliphatic carbocycles. The fourth-order valence-electron chi connectivity index (χ4n) is 8.45. The van der Waals surface area contributed by atoms with Crippen molar-refractivity contribution in [2.75, 3.05) is 0 Å². The number of nitrogens with zero attached hydrogens (tertiary/aromatic N) is 3. The largest absolute Gasteiger partial charge is 0.507 e. The molecule has 2 heterocycles. The normalized spacial score (nSPS) is 15.1. The molecule has 0 unspecified atom stereocenters. The van der Waals surface area contributed by atoms with Crippen molar-refractivity contribution >= 4 is 11.0 Å². The van der Waals surface area contributed by atoms with Crippen molar-refractivity contribution in [1.82, 2.24) is 14.5 Å². The molecule has 4 nitrogen and oxygen atoms in total. The van der Waals surface area contributed by atoms with Crippen molar-refractivity contribution in [3.63, 3.8) is 0 Å². The summed E-state index contributed by atoms with van der Waals surface area (Å²) in [6.45, 7) is 30.4. The molecule has 0 saturated carbocycles. The van der Waals surface area contributed by atoms with Crippen molar-refractivity contribution in [3.8, 4) is 67.5 Å². The molecule has 0 aliphatic rings. The molecule has 0 spiro atoms. The van der Waals surface area contributed by atoms with Gasteiger partial charge in [0.2, 0.25) is 0 Å². The van der Waals surface area contributed by atoms with E-state index >= 15 is 0 Å². The summed E-state index contributed by atoms with van der Waals surface area (Å²) in [5, 5.41) is 12.7. The maximum atomic E-state index is 12.7. The van der Waals surface area contributed by atoms with Crippen LogP contribution in [0.25, 0.3) is 72.7 Å². The highest BCUT2D eigenvalue weighted by Gasteiger charge is 2.30. The Kier molecular flexibility index (Phi) is 9.16. The second-order valence-corrected chi connectivity index (χ2v) is 23.0. The third-order valence-corrected chi connectivity index (χ3v) is 12.3. The first-order chi connectivity index (χ1) is 35.4. The van der Waals surface area contributed by atoms with E-state index in [1.54, 1.807) is 24.3 Å². The highest BCUT2D eigenvalue weighted by atomic mass is 16.3. The van der Waals surface area contributed by atoms with Gasteiger partial charge in [-0.3, -0.25) is 9.55 Å². The van der Waals surface area contributed by atoms with Crippen molar-refractivity contribution in [2.24, 2.45) is 5.41 Å². The van der Waals surface area contributed by atoms with E-state index in [2.05, 4.69) is 73.4 Å². The molecule has 8 rings (SSSR count). The Bertz CT molecular complexity index is 3640. The molecule has 8 aromatic rings. The van der Waals surface area contributed by atoms with E-state index in [0.29, 0.717) is 67.1 Å². The quantitative estimate of drug-likeness (QED) is 0.173. The molecule has 4 heteroatoms. The van der Waals surface area contributed by atoms with Crippen LogP contribution in [0.4, 0.5) is 0 Å². The van der Waals surface area contributed by atoms with Gasteiger partial charge in [-0.25, -0.2) is 4.98 Å². The van der Waals surface area contributed by atoms with Crippen LogP contribution in [0, 0.1) is 5.41 Å². The van der Waals surface area contributed by atoms with Crippen molar-refractivity contribution < 1.29 is 18.8 Å². The van der Waals surface area contributed by atoms with Crippen LogP contribution >= 0.6 is 0 Å². The van der Waals surface area contributed by atoms with Crippen LogP contribution < -0.4 is 0 Å². The van der Waals surface area contributed by atoms with Gasteiger partial charge >= 0.3 is 0 Å². The molecule has 0 atom stereocenters. The summed E-state index contributed by atoms with van der Waals surface area (Å²) in [5.74, 6) is 0.393. The van der Waals surface area contributed by atoms with Gasteiger partial charge in [-0.05, 0) is 126 Å². The predicted molar refractivity (Wildman–Crippen MR) is 286 cm³/mol. The topological polar surface area (TPSA) is 50.9 Å². The summed E-state index contributed by atoms with van der Waals surface area (Å²) in [7, 11) is 0. The number of aromatic hydroxyl groups is 1. The third-order valence-electron chi connectivity index (χ3n) is 12.3. The third kappa shape index (κ3) is 9.91. The lowest BCUT2D eigenvalue weighted by Crippen LogP contribution is -2.17. The second-order valence-electron chi connectivity index (χ2n) is 23.0. The molecule has 67 heavy (non-hydrogen) atoms. The number of phenolic OH excluding ortho intramolecular Hbond substituents is 1. The Hall–Kier alpha value is -6.26. The fraction of sp³-hybridized carbons (Fsp3) is 0.333. The first kappa shape index (κ1) is 35.9. The van der Waals surface area contributed by atoms with Gasteiger partial charge in [0.05, 0.1) is 38.9 Å². The molecule has 0 bridgehead atoms. The number of pyridine rings is 1. The minimum atomic E-state index is -1.66. The number of para-hydroxylation sites is 1. The van der Waals surface area contributed by atoms with E-state index in [4.69, 9.17) is 14.6 Å². The SMILES string of the molecule is [2H]c1nc(-c2cc(-c3cccc4c3nc(-c3cc(C(C)(C)C)cc(C(C)(C)C)c3O)n4-c3ccc(C(C)(C)C)cc3-c3c([2H])c([2H])c([2H])c([2H])c3[2H])cc(C(C)(C)C)c2)c([2H])c(-c2ccc(C([2H])([2H])C(C)(C)C)cc2)c1[2H]. The van der Waals surface area contributed by atoms with Crippen LogP contribution in [0.1, 0.15) is 145 Å². The van der Waals surface area contributed by atoms with Crippen LogP contribution in [0.2, 0.25) is 0 Å². The minimum absolute atomic E-state index is 0.0267. The number of rotatable bonds is 7. The van der Waals surface area contributed by atoms with Crippen LogP contribution in [-0.4, -0.2) is 19.6 Å². The van der Waals surface area contributed by atoms with Gasteiger partial charge in [0.25, 0.3) is 0 Å². The van der Waals surface area contributed by atoms with Gasteiger partial charge < -0.3 is 5.11 Å². The summed E-state index contributed by atoms with van der Waals surface area (Å²) < 4.78 is 92.1. The molecule has 0 amide bonds. The van der Waals surface area contributed by atoms with Gasteiger partial charge in [0.1, 0.15) is 11.6 Å². The lowest BCUT2D eigenvalue weighted by atomic mass is 9.79. The lowest BCUT2D eigenvalue weighted by Gasteiger charge is -2.28. The smallest absolute Gasteiger partial charge is 0.149 e. The summed E-state index contributed by atoms with van der Waals surface area (Å²) in [6.07, 6.45) is -1.98. The highest BCUT2D eigenvalue weighted by Crippen LogP contribution is 2.46. The van der Waals surface area contributed by atoms with Gasteiger partial charge in [-0.1, -0.05) is 189 Å². The van der Waals surface area contributed by atoms with E-state index in [9.17, 15) is 9.22 Å². The maximum Gasteiger partial charge on any atom is 0.149 e. The zero-order valence-electron chi connectivity index (χ0n) is 51.9. The number of benzene rings is 6. The summed E-state index contributed by atoms with van der Waals surface area (Å²) in [4.78, 5) is 10.2. The van der Waals surface area contributed by atoms with Gasteiger partial charge in [0, 0.05) is 31.2 Å². The Morgan fingerprint density at radius 2 is 1.18 bits per heavy atom. The van der Waals surface area contributed by atoms with E-state index in [-0.39, 0.29) is 58.3 Å². The highest BCUT2D eigenvalue weighted by molar-refractivity contribution is 5.98. The number of phenols is 1. The molecular weight excluding hydrogens is 815 g/mol. The number of aromatic nitrogens is 3. The van der Waals surface area contributed by atoms with Crippen molar-refractivity contribution in [3.05, 3.63) is 167 Å². The van der Waals surface area contributed by atoms with Crippen molar-refractivity contribution in [2.45, 2.75) is 132 Å².